The molecule has 162 valence electrons. The van der Waals surface area contributed by atoms with Crippen molar-refractivity contribution in [3.8, 4) is 17.0 Å². The second-order valence-corrected chi connectivity index (χ2v) is 7.57. The van der Waals surface area contributed by atoms with Crippen molar-refractivity contribution in [1.82, 2.24) is 14.7 Å². The number of carbonyl (C=O) groups excluding carboxylic acids is 1. The Morgan fingerprint density at radius 2 is 2.00 bits per heavy atom. The highest BCUT2D eigenvalue weighted by molar-refractivity contribution is 6.31. The molecule has 0 radical (unpaired) electrons. The largest absolute Gasteiger partial charge is 0.434 e. The van der Waals surface area contributed by atoms with Crippen LogP contribution in [-0.4, -0.2) is 59.3 Å². The summed E-state index contributed by atoms with van der Waals surface area (Å²) in [7, 11) is 0. The molecule has 0 atom stereocenters. The van der Waals surface area contributed by atoms with Gasteiger partial charge in [0.2, 0.25) is 5.91 Å². The standard InChI is InChI=1S/C19H21ClF2N4O4/c20-12-1-2-15(30-18(21)22)13(9-12)17-14(23)10-26(24-17)11-16(27)25-5-3-19(4-6-25)28-7-8-29-19/h1-2,9-10,18H,3-8,11,23H2. The first-order valence-electron chi connectivity index (χ1n) is 9.49. The molecule has 0 bridgehead atoms. The van der Waals surface area contributed by atoms with E-state index in [1.165, 1.54) is 29.1 Å². The van der Waals surface area contributed by atoms with Crippen molar-refractivity contribution >= 4 is 23.2 Å². The molecular formula is C19H21ClF2N4O4. The van der Waals surface area contributed by atoms with Crippen molar-refractivity contribution in [1.29, 1.82) is 0 Å². The topological polar surface area (TPSA) is 91.8 Å². The summed E-state index contributed by atoms with van der Waals surface area (Å²) in [4.78, 5) is 14.4. The summed E-state index contributed by atoms with van der Waals surface area (Å²) in [6.07, 6.45) is 2.71. The molecule has 0 aliphatic carbocycles. The zero-order valence-electron chi connectivity index (χ0n) is 16.0. The number of aromatic nitrogens is 2. The predicted molar refractivity (Wildman–Crippen MR) is 104 cm³/mol. The zero-order valence-corrected chi connectivity index (χ0v) is 16.8. The van der Waals surface area contributed by atoms with Crippen molar-refractivity contribution in [3.05, 3.63) is 29.4 Å². The highest BCUT2D eigenvalue weighted by atomic mass is 35.5. The van der Waals surface area contributed by atoms with Crippen LogP contribution in [0.5, 0.6) is 5.75 Å². The Bertz CT molecular complexity index is 923. The van der Waals surface area contributed by atoms with E-state index in [2.05, 4.69) is 9.84 Å². The Hall–Kier alpha value is -2.43. The van der Waals surface area contributed by atoms with E-state index in [1.807, 2.05) is 0 Å². The number of benzene rings is 1. The minimum atomic E-state index is -3.01. The van der Waals surface area contributed by atoms with E-state index >= 15 is 0 Å². The fraction of sp³-hybridized carbons (Fsp3) is 0.474. The number of ether oxygens (including phenoxy) is 3. The molecule has 0 saturated carbocycles. The lowest BCUT2D eigenvalue weighted by molar-refractivity contribution is -0.187. The van der Waals surface area contributed by atoms with Crippen LogP contribution in [0.1, 0.15) is 12.8 Å². The third-order valence-corrected chi connectivity index (χ3v) is 5.43. The van der Waals surface area contributed by atoms with Crippen molar-refractivity contribution in [2.24, 2.45) is 0 Å². The molecule has 1 aromatic heterocycles. The van der Waals surface area contributed by atoms with Crippen molar-refractivity contribution < 1.29 is 27.8 Å². The van der Waals surface area contributed by atoms with Crippen LogP contribution < -0.4 is 10.5 Å². The van der Waals surface area contributed by atoms with Gasteiger partial charge < -0.3 is 24.8 Å². The molecule has 1 amide bonds. The number of anilines is 1. The van der Waals surface area contributed by atoms with Gasteiger partial charge in [-0.05, 0) is 18.2 Å². The summed E-state index contributed by atoms with van der Waals surface area (Å²) < 4.78 is 42.7. The van der Waals surface area contributed by atoms with Gasteiger partial charge in [0.25, 0.3) is 0 Å². The maximum Gasteiger partial charge on any atom is 0.387 e. The van der Waals surface area contributed by atoms with E-state index in [0.717, 1.165) is 0 Å². The highest BCUT2D eigenvalue weighted by Crippen LogP contribution is 2.36. The number of nitrogens with zero attached hydrogens (tertiary/aromatic N) is 3. The molecule has 3 heterocycles. The lowest BCUT2D eigenvalue weighted by atomic mass is 10.0. The molecule has 2 aliphatic heterocycles. The molecule has 1 aromatic carbocycles. The van der Waals surface area contributed by atoms with E-state index in [9.17, 15) is 13.6 Å². The number of halogens is 3. The van der Waals surface area contributed by atoms with Crippen LogP contribution in [0.15, 0.2) is 24.4 Å². The van der Waals surface area contributed by atoms with Gasteiger partial charge in [0.05, 0.1) is 18.9 Å². The Labute approximate surface area is 176 Å². The molecule has 2 fully saturated rings. The van der Waals surface area contributed by atoms with Gasteiger partial charge in [0, 0.05) is 42.7 Å². The second-order valence-electron chi connectivity index (χ2n) is 7.14. The quantitative estimate of drug-likeness (QED) is 0.765. The van der Waals surface area contributed by atoms with Gasteiger partial charge >= 0.3 is 6.61 Å². The molecule has 2 aliphatic rings. The van der Waals surface area contributed by atoms with Gasteiger partial charge in [-0.2, -0.15) is 13.9 Å². The van der Waals surface area contributed by atoms with Gasteiger partial charge in [0.15, 0.2) is 5.79 Å². The van der Waals surface area contributed by atoms with Crippen molar-refractivity contribution in [2.75, 3.05) is 32.0 Å². The summed E-state index contributed by atoms with van der Waals surface area (Å²) in [5, 5.41) is 4.62. The number of likely N-dealkylation sites (tertiary alicyclic amines) is 1. The SMILES string of the molecule is Nc1cn(CC(=O)N2CCC3(CC2)OCCO3)nc1-c1cc(Cl)ccc1OC(F)F. The Morgan fingerprint density at radius 3 is 2.67 bits per heavy atom. The van der Waals surface area contributed by atoms with Crippen molar-refractivity contribution in [2.45, 2.75) is 31.8 Å². The minimum Gasteiger partial charge on any atom is -0.434 e. The molecule has 0 unspecified atom stereocenters. The maximum absolute atomic E-state index is 12.7. The Kier molecular flexibility index (Phi) is 5.81. The van der Waals surface area contributed by atoms with Gasteiger partial charge in [-0.3, -0.25) is 9.48 Å². The van der Waals surface area contributed by atoms with E-state index < -0.39 is 12.4 Å². The molecular weight excluding hydrogens is 422 g/mol. The van der Waals surface area contributed by atoms with Crippen LogP contribution in [0.2, 0.25) is 5.02 Å². The van der Waals surface area contributed by atoms with Crippen LogP contribution in [0.4, 0.5) is 14.5 Å². The first-order chi connectivity index (χ1) is 14.3. The maximum atomic E-state index is 12.7. The molecule has 2 N–H and O–H groups in total. The first kappa shape index (κ1) is 20.8. The number of piperidine rings is 1. The normalized spacial score (nSPS) is 18.3. The number of amides is 1. The number of nitrogens with two attached hydrogens (primary N) is 1. The number of carbonyl (C=O) groups is 1. The molecule has 30 heavy (non-hydrogen) atoms. The van der Waals surface area contributed by atoms with E-state index in [4.69, 9.17) is 26.8 Å². The molecule has 2 aromatic rings. The summed E-state index contributed by atoms with van der Waals surface area (Å²) >= 11 is 6.00. The highest BCUT2D eigenvalue weighted by Gasteiger charge is 2.40. The third kappa shape index (κ3) is 4.35. The van der Waals surface area contributed by atoms with Crippen LogP contribution >= 0.6 is 11.6 Å². The summed E-state index contributed by atoms with van der Waals surface area (Å²) in [5.74, 6) is -0.795. The average molecular weight is 443 g/mol. The molecule has 11 heteroatoms. The Morgan fingerprint density at radius 1 is 1.30 bits per heavy atom. The number of hydrogen-bond acceptors (Lipinski definition) is 6. The monoisotopic (exact) mass is 442 g/mol. The average Bonchev–Trinajstić information content (AvgIpc) is 3.30. The number of nitrogen functional groups attached to an aromatic ring is 1. The second kappa shape index (κ2) is 8.37. The number of hydrogen-bond donors (Lipinski definition) is 1. The van der Waals surface area contributed by atoms with Crippen LogP contribution in [0, 0.1) is 0 Å². The predicted octanol–water partition coefficient (Wildman–Crippen LogP) is 2.75. The van der Waals surface area contributed by atoms with Gasteiger partial charge in [-0.1, -0.05) is 11.6 Å². The number of alkyl halides is 2. The van der Waals surface area contributed by atoms with Crippen LogP contribution in [0.25, 0.3) is 11.3 Å². The smallest absolute Gasteiger partial charge is 0.387 e. The molecule has 2 saturated heterocycles. The van der Waals surface area contributed by atoms with Gasteiger partial charge in [-0.25, -0.2) is 0 Å². The van der Waals surface area contributed by atoms with E-state index in [1.54, 1.807) is 4.90 Å². The Balaban J connectivity index is 1.47. The first-order valence-corrected chi connectivity index (χ1v) is 9.86. The molecule has 4 rings (SSSR count). The van der Waals surface area contributed by atoms with Gasteiger partial charge in [-0.15, -0.1) is 0 Å². The lowest BCUT2D eigenvalue weighted by Gasteiger charge is -2.37. The number of rotatable bonds is 5. The summed E-state index contributed by atoms with van der Waals surface area (Å²) in [6.45, 7) is -0.866. The summed E-state index contributed by atoms with van der Waals surface area (Å²) in [6, 6.07) is 4.19. The van der Waals surface area contributed by atoms with E-state index in [-0.39, 0.29) is 35.1 Å². The fourth-order valence-corrected chi connectivity index (χ4v) is 3.91. The fourth-order valence-electron chi connectivity index (χ4n) is 3.73. The van der Waals surface area contributed by atoms with Crippen LogP contribution in [-0.2, 0) is 20.8 Å². The molecule has 1 spiro atoms. The lowest BCUT2D eigenvalue weighted by Crippen LogP contribution is -2.48. The van der Waals surface area contributed by atoms with Crippen molar-refractivity contribution in [3.63, 3.8) is 0 Å². The third-order valence-electron chi connectivity index (χ3n) is 5.19. The van der Waals surface area contributed by atoms with Gasteiger partial charge in [0.1, 0.15) is 18.0 Å². The summed E-state index contributed by atoms with van der Waals surface area (Å²) in [5.41, 5.74) is 6.68. The van der Waals surface area contributed by atoms with Crippen LogP contribution in [0.3, 0.4) is 0 Å². The zero-order chi connectivity index (χ0) is 21.3. The van der Waals surface area contributed by atoms with E-state index in [0.29, 0.717) is 44.2 Å². The molecule has 8 nitrogen and oxygen atoms in total. The minimum absolute atomic E-state index is 0.0372.